The summed E-state index contributed by atoms with van der Waals surface area (Å²) in [4.78, 5) is 34.8. The highest BCUT2D eigenvalue weighted by atomic mass is 16.5. The van der Waals surface area contributed by atoms with Gasteiger partial charge in [-0.2, -0.15) is 0 Å². The molecule has 7 nitrogen and oxygen atoms in total. The van der Waals surface area contributed by atoms with Crippen LogP contribution in [0, 0.1) is 17.8 Å². The van der Waals surface area contributed by atoms with Crippen molar-refractivity contribution in [1.29, 1.82) is 0 Å². The van der Waals surface area contributed by atoms with Crippen LogP contribution >= 0.6 is 0 Å². The quantitative estimate of drug-likeness (QED) is 0.673. The van der Waals surface area contributed by atoms with Crippen LogP contribution in [0.3, 0.4) is 0 Å². The van der Waals surface area contributed by atoms with Crippen LogP contribution < -0.4 is 15.8 Å². The first-order valence-electron chi connectivity index (χ1n) is 9.40. The molecule has 2 saturated carbocycles. The van der Waals surface area contributed by atoms with E-state index in [2.05, 4.69) is 5.32 Å². The molecule has 2 aliphatic rings. The molecule has 2 amide bonds. The molecule has 0 aromatic heterocycles. The van der Waals surface area contributed by atoms with Crippen LogP contribution in [-0.4, -0.2) is 37.0 Å². The number of ether oxygens (including phenoxy) is 2. The third-order valence-corrected chi connectivity index (χ3v) is 5.63. The Labute approximate surface area is 158 Å². The minimum Gasteiger partial charge on any atom is -0.484 e. The average molecular weight is 374 g/mol. The van der Waals surface area contributed by atoms with Gasteiger partial charge in [-0.15, -0.1) is 0 Å². The highest BCUT2D eigenvalue weighted by Crippen LogP contribution is 2.49. The molecule has 146 valence electrons. The highest BCUT2D eigenvalue weighted by Gasteiger charge is 2.42. The Kier molecular flexibility index (Phi) is 5.98. The predicted molar refractivity (Wildman–Crippen MR) is 98.0 cm³/mol. The fourth-order valence-corrected chi connectivity index (χ4v) is 4.37. The van der Waals surface area contributed by atoms with Crippen LogP contribution in [0.1, 0.15) is 43.0 Å². The molecular weight excluding hydrogens is 348 g/mol. The third kappa shape index (κ3) is 4.99. The van der Waals surface area contributed by atoms with Crippen LogP contribution in [0.15, 0.2) is 24.3 Å². The summed E-state index contributed by atoms with van der Waals surface area (Å²) in [5.74, 6) is 1.07. The second kappa shape index (κ2) is 8.41. The first kappa shape index (κ1) is 19.2. The molecule has 1 aromatic rings. The van der Waals surface area contributed by atoms with E-state index in [1.165, 1.54) is 49.9 Å². The van der Waals surface area contributed by atoms with Crippen LogP contribution in [0.5, 0.6) is 5.75 Å². The van der Waals surface area contributed by atoms with Crippen LogP contribution in [-0.2, 0) is 14.3 Å². The number of hydrogen-bond donors (Lipinski definition) is 2. The predicted octanol–water partition coefficient (Wildman–Crippen LogP) is 1.65. The van der Waals surface area contributed by atoms with E-state index in [0.29, 0.717) is 17.2 Å². The molecule has 0 aliphatic heterocycles. The summed E-state index contributed by atoms with van der Waals surface area (Å²) in [6.07, 6.45) is 5.07. The molecule has 1 aromatic carbocycles. The van der Waals surface area contributed by atoms with Gasteiger partial charge in [-0.3, -0.25) is 9.59 Å². The van der Waals surface area contributed by atoms with Crippen molar-refractivity contribution in [3.8, 4) is 5.75 Å². The van der Waals surface area contributed by atoms with E-state index < -0.39 is 11.9 Å². The Bertz CT molecular complexity index is 703. The van der Waals surface area contributed by atoms with Crippen molar-refractivity contribution in [3.05, 3.63) is 29.8 Å². The fourth-order valence-electron chi connectivity index (χ4n) is 4.37. The fraction of sp³-hybridized carbons (Fsp3) is 0.550. The molecule has 0 heterocycles. The van der Waals surface area contributed by atoms with Crippen molar-refractivity contribution in [1.82, 2.24) is 5.32 Å². The molecule has 2 fully saturated rings. The lowest BCUT2D eigenvalue weighted by atomic mass is 9.84. The number of rotatable bonds is 8. The lowest BCUT2D eigenvalue weighted by molar-refractivity contribution is -0.125. The van der Waals surface area contributed by atoms with Crippen molar-refractivity contribution in [2.45, 2.75) is 38.6 Å². The maximum Gasteiger partial charge on any atom is 0.338 e. The molecule has 3 rings (SSSR count). The van der Waals surface area contributed by atoms with E-state index in [-0.39, 0.29) is 25.2 Å². The Morgan fingerprint density at radius 2 is 1.89 bits per heavy atom. The van der Waals surface area contributed by atoms with Crippen LogP contribution in [0.4, 0.5) is 0 Å². The molecule has 0 saturated heterocycles. The van der Waals surface area contributed by atoms with E-state index >= 15 is 0 Å². The molecule has 3 N–H and O–H groups in total. The zero-order valence-corrected chi connectivity index (χ0v) is 15.5. The minimum absolute atomic E-state index is 0.105. The largest absolute Gasteiger partial charge is 0.484 e. The van der Waals surface area contributed by atoms with E-state index in [0.717, 1.165) is 11.8 Å². The molecule has 27 heavy (non-hydrogen) atoms. The van der Waals surface area contributed by atoms with Crippen molar-refractivity contribution < 1.29 is 23.9 Å². The van der Waals surface area contributed by atoms with Crippen molar-refractivity contribution >= 4 is 17.8 Å². The number of carbonyl (C=O) groups excluding carboxylic acids is 3. The summed E-state index contributed by atoms with van der Waals surface area (Å²) >= 11 is 0. The molecular formula is C20H26N2O5. The van der Waals surface area contributed by atoms with Crippen LogP contribution in [0.2, 0.25) is 0 Å². The number of fused-ring (bicyclic) bond motifs is 2. The van der Waals surface area contributed by atoms with E-state index in [9.17, 15) is 14.4 Å². The number of nitrogens with one attached hydrogen (secondary N) is 1. The summed E-state index contributed by atoms with van der Waals surface area (Å²) in [6, 6.07) is 6.20. The number of esters is 1. The Morgan fingerprint density at radius 1 is 1.15 bits per heavy atom. The Balaban J connectivity index is 1.41. The van der Waals surface area contributed by atoms with Gasteiger partial charge in [0.2, 0.25) is 0 Å². The SMILES string of the molecule is CC(NC(=O)COC(=O)c1ccc(OCC(N)=O)cc1)C1CC2CCC1C2. The molecule has 2 aliphatic carbocycles. The highest BCUT2D eigenvalue weighted by molar-refractivity contribution is 5.91. The van der Waals surface area contributed by atoms with Gasteiger partial charge in [0.15, 0.2) is 13.2 Å². The Hall–Kier alpha value is -2.57. The molecule has 0 spiro atoms. The second-order valence-corrected chi connectivity index (χ2v) is 7.55. The van der Waals surface area contributed by atoms with Gasteiger partial charge >= 0.3 is 5.97 Å². The summed E-state index contributed by atoms with van der Waals surface area (Å²) in [6.45, 7) is 1.50. The lowest BCUT2D eigenvalue weighted by Crippen LogP contribution is -2.42. The number of primary amides is 1. The van der Waals surface area contributed by atoms with E-state index in [1.54, 1.807) is 0 Å². The smallest absolute Gasteiger partial charge is 0.338 e. The summed E-state index contributed by atoms with van der Waals surface area (Å²) in [7, 11) is 0. The maximum atomic E-state index is 12.1. The maximum absolute atomic E-state index is 12.1. The monoisotopic (exact) mass is 374 g/mol. The van der Waals surface area contributed by atoms with Gasteiger partial charge in [-0.1, -0.05) is 6.42 Å². The van der Waals surface area contributed by atoms with Gasteiger partial charge in [0.25, 0.3) is 11.8 Å². The topological polar surface area (TPSA) is 108 Å². The average Bonchev–Trinajstić information content (AvgIpc) is 3.28. The van der Waals surface area contributed by atoms with E-state index in [4.69, 9.17) is 15.2 Å². The van der Waals surface area contributed by atoms with E-state index in [1.807, 2.05) is 6.92 Å². The van der Waals surface area contributed by atoms with Gasteiger partial charge in [0.1, 0.15) is 5.75 Å². The molecule has 7 heteroatoms. The standard InChI is InChI=1S/C20H26N2O5/c1-12(17-9-13-2-3-15(17)8-13)22-19(24)11-27-20(25)14-4-6-16(7-5-14)26-10-18(21)23/h4-7,12-13,15,17H,2-3,8-11H2,1H3,(H2,21,23)(H,22,24). The number of carbonyl (C=O) groups is 3. The van der Waals surface area contributed by atoms with Crippen molar-refractivity contribution in [3.63, 3.8) is 0 Å². The molecule has 2 bridgehead atoms. The number of nitrogens with two attached hydrogens (primary N) is 1. The summed E-state index contributed by atoms with van der Waals surface area (Å²) in [5, 5.41) is 2.97. The first-order valence-corrected chi connectivity index (χ1v) is 9.40. The second-order valence-electron chi connectivity index (χ2n) is 7.55. The van der Waals surface area contributed by atoms with Gasteiger partial charge in [-0.05, 0) is 68.2 Å². The Morgan fingerprint density at radius 3 is 2.48 bits per heavy atom. The molecule has 4 atom stereocenters. The lowest BCUT2D eigenvalue weighted by Gasteiger charge is -2.28. The zero-order chi connectivity index (χ0) is 19.4. The van der Waals surface area contributed by atoms with Crippen LogP contribution in [0.25, 0.3) is 0 Å². The van der Waals surface area contributed by atoms with Crippen molar-refractivity contribution in [2.75, 3.05) is 13.2 Å². The number of hydrogen-bond acceptors (Lipinski definition) is 5. The first-order chi connectivity index (χ1) is 12.9. The third-order valence-electron chi connectivity index (χ3n) is 5.63. The molecule has 0 radical (unpaired) electrons. The normalized spacial score (nSPS) is 24.3. The van der Waals surface area contributed by atoms with Gasteiger partial charge < -0.3 is 20.5 Å². The van der Waals surface area contributed by atoms with Gasteiger partial charge in [0, 0.05) is 6.04 Å². The zero-order valence-electron chi connectivity index (χ0n) is 15.5. The van der Waals surface area contributed by atoms with Crippen molar-refractivity contribution in [2.24, 2.45) is 23.5 Å². The van der Waals surface area contributed by atoms with Gasteiger partial charge in [-0.25, -0.2) is 4.79 Å². The summed E-state index contributed by atoms with van der Waals surface area (Å²) in [5.41, 5.74) is 5.30. The summed E-state index contributed by atoms with van der Waals surface area (Å²) < 4.78 is 10.2. The molecule has 4 unspecified atom stereocenters. The number of amides is 2. The van der Waals surface area contributed by atoms with Gasteiger partial charge in [0.05, 0.1) is 5.56 Å². The number of benzene rings is 1. The minimum atomic E-state index is -0.584.